The fourth-order valence-corrected chi connectivity index (χ4v) is 7.45. The number of allylic oxidation sites excluding steroid dienone is 2. The Bertz CT molecular complexity index is 1450. The molecule has 0 fully saturated rings. The van der Waals surface area contributed by atoms with Crippen molar-refractivity contribution in [3.05, 3.63) is 90.9 Å². The molecular formula is C28H21ClOS2. The van der Waals surface area contributed by atoms with Crippen LogP contribution < -0.4 is 0 Å². The minimum absolute atomic E-state index is 0.136. The molecule has 2 aromatic carbocycles. The molecule has 0 spiro atoms. The summed E-state index contributed by atoms with van der Waals surface area (Å²) in [4.78, 5) is 16.8. The number of rotatable bonds is 3. The van der Waals surface area contributed by atoms with E-state index in [1.807, 2.05) is 35.6 Å². The van der Waals surface area contributed by atoms with Crippen molar-refractivity contribution in [2.45, 2.75) is 33.1 Å². The van der Waals surface area contributed by atoms with Crippen molar-refractivity contribution in [2.24, 2.45) is 0 Å². The Morgan fingerprint density at radius 3 is 2.09 bits per heavy atom. The lowest BCUT2D eigenvalue weighted by Crippen LogP contribution is -1.94. The molecule has 4 heteroatoms. The molecule has 0 amide bonds. The van der Waals surface area contributed by atoms with Gasteiger partial charge in [-0.05, 0) is 90.3 Å². The lowest BCUT2D eigenvalue weighted by Gasteiger charge is -2.07. The monoisotopic (exact) mass is 472 g/mol. The quantitative estimate of drug-likeness (QED) is 0.256. The van der Waals surface area contributed by atoms with Gasteiger partial charge >= 0.3 is 0 Å². The van der Waals surface area contributed by atoms with Gasteiger partial charge in [0.15, 0.2) is 5.78 Å². The Hall–Kier alpha value is -2.46. The molecule has 0 saturated heterocycles. The SMILES string of the molecule is Cc1sc(Cl)cc1C1=C(c2cc(-c3ccc4c(c3)C(=O)c3ccccc3-4)sc2C)CCC1. The third-order valence-electron chi connectivity index (χ3n) is 6.68. The van der Waals surface area contributed by atoms with E-state index in [4.69, 9.17) is 11.6 Å². The molecule has 4 aromatic rings. The van der Waals surface area contributed by atoms with E-state index in [1.165, 1.54) is 43.3 Å². The van der Waals surface area contributed by atoms with Gasteiger partial charge < -0.3 is 0 Å². The summed E-state index contributed by atoms with van der Waals surface area (Å²) >= 11 is 9.81. The normalized spacial score (nSPS) is 14.9. The van der Waals surface area contributed by atoms with E-state index in [2.05, 4.69) is 44.2 Å². The highest BCUT2D eigenvalue weighted by Crippen LogP contribution is 2.47. The third kappa shape index (κ3) is 3.07. The Morgan fingerprint density at radius 2 is 1.38 bits per heavy atom. The largest absolute Gasteiger partial charge is 0.289 e. The molecule has 0 N–H and O–H groups in total. The average molecular weight is 473 g/mol. The van der Waals surface area contributed by atoms with Crippen molar-refractivity contribution in [3.8, 4) is 21.6 Å². The summed E-state index contributed by atoms with van der Waals surface area (Å²) in [6.45, 7) is 4.38. The van der Waals surface area contributed by atoms with Crippen LogP contribution in [0.2, 0.25) is 4.34 Å². The second-order valence-electron chi connectivity index (χ2n) is 8.55. The zero-order chi connectivity index (χ0) is 22.0. The van der Waals surface area contributed by atoms with E-state index in [0.29, 0.717) is 0 Å². The highest BCUT2D eigenvalue weighted by molar-refractivity contribution is 7.16. The first-order valence-electron chi connectivity index (χ1n) is 10.9. The lowest BCUT2D eigenvalue weighted by atomic mass is 9.97. The molecule has 2 aromatic heterocycles. The van der Waals surface area contributed by atoms with Gasteiger partial charge in [0.05, 0.1) is 4.34 Å². The molecule has 32 heavy (non-hydrogen) atoms. The summed E-state index contributed by atoms with van der Waals surface area (Å²) in [5.74, 6) is 0.136. The maximum absolute atomic E-state index is 13.0. The van der Waals surface area contributed by atoms with Gasteiger partial charge in [0.2, 0.25) is 0 Å². The fraction of sp³-hybridized carbons (Fsp3) is 0.179. The minimum atomic E-state index is 0.136. The zero-order valence-electron chi connectivity index (χ0n) is 17.9. The average Bonchev–Trinajstić information content (AvgIpc) is 3.54. The summed E-state index contributed by atoms with van der Waals surface area (Å²) in [6.07, 6.45) is 3.41. The smallest absolute Gasteiger partial charge is 0.194 e. The van der Waals surface area contributed by atoms with Crippen LogP contribution in [0.1, 0.15) is 56.1 Å². The van der Waals surface area contributed by atoms with Crippen LogP contribution in [0.5, 0.6) is 0 Å². The molecule has 6 rings (SSSR count). The predicted octanol–water partition coefficient (Wildman–Crippen LogP) is 9.05. The van der Waals surface area contributed by atoms with Gasteiger partial charge in [-0.15, -0.1) is 22.7 Å². The maximum atomic E-state index is 13.0. The van der Waals surface area contributed by atoms with E-state index in [-0.39, 0.29) is 5.78 Å². The number of carbonyl (C=O) groups is 1. The van der Waals surface area contributed by atoms with Crippen molar-refractivity contribution in [1.82, 2.24) is 0 Å². The number of fused-ring (bicyclic) bond motifs is 3. The summed E-state index contributed by atoms with van der Waals surface area (Å²) in [7, 11) is 0. The van der Waals surface area contributed by atoms with Gasteiger partial charge in [-0.3, -0.25) is 4.79 Å². The van der Waals surface area contributed by atoms with E-state index < -0.39 is 0 Å². The van der Waals surface area contributed by atoms with Crippen LogP contribution in [0, 0.1) is 13.8 Å². The van der Waals surface area contributed by atoms with Crippen molar-refractivity contribution in [3.63, 3.8) is 0 Å². The summed E-state index contributed by atoms with van der Waals surface area (Å²) in [6, 6.07) is 18.7. The molecule has 0 bridgehead atoms. The highest BCUT2D eigenvalue weighted by atomic mass is 35.5. The molecule has 0 radical (unpaired) electrons. The van der Waals surface area contributed by atoms with E-state index in [9.17, 15) is 4.79 Å². The Balaban J connectivity index is 1.43. The molecule has 2 aliphatic rings. The van der Waals surface area contributed by atoms with Crippen LogP contribution in [0.3, 0.4) is 0 Å². The van der Waals surface area contributed by atoms with Crippen LogP contribution >= 0.6 is 34.3 Å². The number of halogens is 1. The number of benzene rings is 2. The zero-order valence-corrected chi connectivity index (χ0v) is 20.3. The fourth-order valence-electron chi connectivity index (χ4n) is 5.19. The van der Waals surface area contributed by atoms with Crippen LogP contribution in [0.25, 0.3) is 32.7 Å². The Labute approximate surface area is 201 Å². The molecular weight excluding hydrogens is 452 g/mol. The van der Waals surface area contributed by atoms with Crippen molar-refractivity contribution in [1.29, 1.82) is 0 Å². The molecule has 0 aliphatic heterocycles. The number of aryl methyl sites for hydroxylation is 2. The molecule has 158 valence electrons. The van der Waals surface area contributed by atoms with Gasteiger partial charge in [-0.1, -0.05) is 48.0 Å². The molecule has 2 aliphatic carbocycles. The predicted molar refractivity (Wildman–Crippen MR) is 138 cm³/mol. The van der Waals surface area contributed by atoms with Crippen molar-refractivity contribution >= 4 is 51.2 Å². The topological polar surface area (TPSA) is 17.1 Å². The lowest BCUT2D eigenvalue weighted by molar-refractivity contribution is 0.104. The summed E-state index contributed by atoms with van der Waals surface area (Å²) < 4.78 is 0.864. The van der Waals surface area contributed by atoms with Gasteiger partial charge in [-0.25, -0.2) is 0 Å². The van der Waals surface area contributed by atoms with Crippen molar-refractivity contribution in [2.75, 3.05) is 0 Å². The molecule has 2 heterocycles. The maximum Gasteiger partial charge on any atom is 0.194 e. The molecule has 0 saturated carbocycles. The minimum Gasteiger partial charge on any atom is -0.289 e. The number of ketones is 1. The number of hydrogen-bond donors (Lipinski definition) is 0. The highest BCUT2D eigenvalue weighted by Gasteiger charge is 2.27. The van der Waals surface area contributed by atoms with Crippen LogP contribution in [0.4, 0.5) is 0 Å². The van der Waals surface area contributed by atoms with Gasteiger partial charge in [0.1, 0.15) is 0 Å². The number of thiophene rings is 2. The Kier molecular flexibility index (Phi) is 4.76. The summed E-state index contributed by atoms with van der Waals surface area (Å²) in [5, 5.41) is 0. The molecule has 0 atom stereocenters. The van der Waals surface area contributed by atoms with Gasteiger partial charge in [0.25, 0.3) is 0 Å². The summed E-state index contributed by atoms with van der Waals surface area (Å²) in [5.41, 5.74) is 10.5. The number of hydrogen-bond acceptors (Lipinski definition) is 3. The second-order valence-corrected chi connectivity index (χ2v) is 11.7. The van der Waals surface area contributed by atoms with E-state index in [0.717, 1.165) is 45.0 Å². The van der Waals surface area contributed by atoms with Crippen LogP contribution in [0.15, 0.2) is 54.6 Å². The number of carbonyl (C=O) groups excluding carboxylic acids is 1. The standard InChI is InChI=1S/C28H21ClOS2/c1-15-23(19-8-5-9-20(19)24-14-27(29)32-16(24)2)13-26(31-15)17-10-11-21-18-6-3-4-7-22(18)28(30)25(21)12-17/h3-4,6-7,10-14H,5,8-9H2,1-2H3. The third-order valence-corrected chi connectivity index (χ3v) is 8.96. The first-order chi connectivity index (χ1) is 15.5. The van der Waals surface area contributed by atoms with Crippen LogP contribution in [-0.2, 0) is 0 Å². The second kappa shape index (κ2) is 7.55. The van der Waals surface area contributed by atoms with Crippen LogP contribution in [-0.4, -0.2) is 5.78 Å². The molecule has 1 nitrogen and oxygen atoms in total. The van der Waals surface area contributed by atoms with Crippen molar-refractivity contribution < 1.29 is 4.79 Å². The van der Waals surface area contributed by atoms with Gasteiger partial charge in [0, 0.05) is 25.8 Å². The van der Waals surface area contributed by atoms with E-state index >= 15 is 0 Å². The molecule has 0 unspecified atom stereocenters. The first kappa shape index (κ1) is 20.2. The van der Waals surface area contributed by atoms with Gasteiger partial charge in [-0.2, -0.15) is 0 Å². The first-order valence-corrected chi connectivity index (χ1v) is 12.9. The Morgan fingerprint density at radius 1 is 0.719 bits per heavy atom. The van der Waals surface area contributed by atoms with E-state index in [1.54, 1.807) is 11.3 Å².